The Morgan fingerprint density at radius 3 is 1.96 bits per heavy atom. The molecule has 0 saturated carbocycles. The number of phenols is 1. The van der Waals surface area contributed by atoms with Gasteiger partial charge in [-0.3, -0.25) is 4.79 Å². The smallest absolute Gasteiger partial charge is 0.321 e. The second-order valence-electron chi connectivity index (χ2n) is 8.63. The second kappa shape index (κ2) is 5.82. The number of carboxylic acids is 1. The fourth-order valence-corrected chi connectivity index (χ4v) is 3.34. The first-order chi connectivity index (χ1) is 10.4. The summed E-state index contributed by atoms with van der Waals surface area (Å²) < 4.78 is 0. The Balaban J connectivity index is 2.63. The van der Waals surface area contributed by atoms with Crippen LogP contribution in [0.3, 0.4) is 0 Å². The Hall–Kier alpha value is -1.55. The van der Waals surface area contributed by atoms with Crippen LogP contribution in [0.4, 0.5) is 0 Å². The topological polar surface area (TPSA) is 69.6 Å². The van der Waals surface area contributed by atoms with Gasteiger partial charge in [-0.1, -0.05) is 53.7 Å². The molecule has 2 atom stereocenters. The van der Waals surface area contributed by atoms with Crippen LogP contribution in [0.5, 0.6) is 5.75 Å². The van der Waals surface area contributed by atoms with Crippen LogP contribution in [0.15, 0.2) is 12.1 Å². The largest absolute Gasteiger partial charge is 0.507 e. The molecule has 1 aliphatic rings. The van der Waals surface area contributed by atoms with Crippen LogP contribution in [0.25, 0.3) is 0 Å². The van der Waals surface area contributed by atoms with Gasteiger partial charge in [0.25, 0.3) is 0 Å². The quantitative estimate of drug-likeness (QED) is 0.780. The summed E-state index contributed by atoms with van der Waals surface area (Å²) in [7, 11) is 0. The van der Waals surface area contributed by atoms with Gasteiger partial charge >= 0.3 is 5.97 Å². The molecule has 0 radical (unpaired) electrons. The van der Waals surface area contributed by atoms with E-state index >= 15 is 0 Å². The molecule has 2 rings (SSSR count). The molecule has 1 unspecified atom stereocenters. The van der Waals surface area contributed by atoms with Crippen molar-refractivity contribution in [2.45, 2.75) is 70.8 Å². The predicted octanol–water partition coefficient (Wildman–Crippen LogP) is 3.52. The summed E-state index contributed by atoms with van der Waals surface area (Å²) in [5.41, 5.74) is 2.37. The van der Waals surface area contributed by atoms with Gasteiger partial charge in [0.1, 0.15) is 11.8 Å². The van der Waals surface area contributed by atoms with Crippen LogP contribution in [0.1, 0.15) is 70.6 Å². The average Bonchev–Trinajstić information content (AvgIpc) is 2.85. The number of rotatable bonds is 2. The van der Waals surface area contributed by atoms with Crippen molar-refractivity contribution in [3.63, 3.8) is 0 Å². The lowest BCUT2D eigenvalue weighted by atomic mass is 9.76. The molecule has 1 saturated heterocycles. The van der Waals surface area contributed by atoms with Crippen molar-refractivity contribution in [1.29, 1.82) is 0 Å². The van der Waals surface area contributed by atoms with Crippen molar-refractivity contribution in [1.82, 2.24) is 5.32 Å². The number of hydrogen-bond donors (Lipinski definition) is 3. The highest BCUT2D eigenvalue weighted by Crippen LogP contribution is 2.42. The molecule has 128 valence electrons. The minimum Gasteiger partial charge on any atom is -0.507 e. The molecule has 4 heteroatoms. The number of aromatic hydroxyl groups is 1. The van der Waals surface area contributed by atoms with Gasteiger partial charge in [-0.15, -0.1) is 0 Å². The van der Waals surface area contributed by atoms with Gasteiger partial charge in [0.2, 0.25) is 0 Å². The number of benzene rings is 1. The van der Waals surface area contributed by atoms with E-state index in [0.29, 0.717) is 12.3 Å². The van der Waals surface area contributed by atoms with E-state index in [1.165, 1.54) is 0 Å². The highest BCUT2D eigenvalue weighted by molar-refractivity contribution is 5.75. The lowest BCUT2D eigenvalue weighted by Gasteiger charge is -2.29. The third kappa shape index (κ3) is 3.52. The molecule has 23 heavy (non-hydrogen) atoms. The van der Waals surface area contributed by atoms with Gasteiger partial charge in [0.15, 0.2) is 0 Å². The van der Waals surface area contributed by atoms with E-state index < -0.39 is 12.0 Å². The van der Waals surface area contributed by atoms with Crippen molar-refractivity contribution < 1.29 is 15.0 Å². The van der Waals surface area contributed by atoms with Gasteiger partial charge in [-0.05, 0) is 40.5 Å². The summed E-state index contributed by atoms with van der Waals surface area (Å²) in [4.78, 5) is 11.5. The molecular weight excluding hydrogens is 290 g/mol. The van der Waals surface area contributed by atoms with Crippen LogP contribution in [0.2, 0.25) is 0 Å². The lowest BCUT2D eigenvalue weighted by Crippen LogP contribution is -2.34. The van der Waals surface area contributed by atoms with E-state index in [9.17, 15) is 15.0 Å². The minimum absolute atomic E-state index is 0.0599. The molecule has 0 amide bonds. The first kappa shape index (κ1) is 17.8. The highest BCUT2D eigenvalue weighted by atomic mass is 16.4. The second-order valence-corrected chi connectivity index (χ2v) is 8.63. The average molecular weight is 319 g/mol. The number of nitrogens with one attached hydrogen (secondary N) is 1. The van der Waals surface area contributed by atoms with Crippen molar-refractivity contribution in [3.05, 3.63) is 28.8 Å². The number of carboxylic acid groups (broad SMARTS) is 1. The van der Waals surface area contributed by atoms with Crippen molar-refractivity contribution in [2.75, 3.05) is 6.54 Å². The molecule has 1 aromatic carbocycles. The number of hydrogen-bond acceptors (Lipinski definition) is 3. The summed E-state index contributed by atoms with van der Waals surface area (Å²) in [6, 6.07) is 3.44. The maximum Gasteiger partial charge on any atom is 0.321 e. The van der Waals surface area contributed by atoms with E-state index in [1.807, 2.05) is 12.1 Å². The molecule has 1 fully saturated rings. The van der Waals surface area contributed by atoms with Crippen LogP contribution in [0, 0.1) is 0 Å². The van der Waals surface area contributed by atoms with Crippen molar-refractivity contribution in [3.8, 4) is 5.75 Å². The van der Waals surface area contributed by atoms with Gasteiger partial charge in [-0.2, -0.15) is 0 Å². The van der Waals surface area contributed by atoms with Crippen molar-refractivity contribution in [2.24, 2.45) is 0 Å². The van der Waals surface area contributed by atoms with Gasteiger partial charge in [-0.25, -0.2) is 0 Å². The molecule has 1 aromatic rings. The Morgan fingerprint density at radius 2 is 1.57 bits per heavy atom. The number of carbonyl (C=O) groups is 1. The molecule has 4 nitrogen and oxygen atoms in total. The third-order valence-corrected chi connectivity index (χ3v) is 4.66. The van der Waals surface area contributed by atoms with Gasteiger partial charge < -0.3 is 15.5 Å². The summed E-state index contributed by atoms with van der Waals surface area (Å²) in [6.07, 6.45) is 0.801. The third-order valence-electron chi connectivity index (χ3n) is 4.66. The maximum absolute atomic E-state index is 11.5. The molecule has 1 heterocycles. The number of aliphatic carboxylic acids is 1. The lowest BCUT2D eigenvalue weighted by molar-refractivity contribution is -0.139. The molecule has 0 aliphatic carbocycles. The Morgan fingerprint density at radius 1 is 1.09 bits per heavy atom. The first-order valence-corrected chi connectivity index (χ1v) is 8.27. The van der Waals surface area contributed by atoms with E-state index in [4.69, 9.17) is 0 Å². The number of phenolic OH excluding ortho intramolecular Hbond substituents is 1. The summed E-state index contributed by atoms with van der Waals surface area (Å²) in [6.45, 7) is 13.1. The van der Waals surface area contributed by atoms with Crippen molar-refractivity contribution >= 4 is 5.97 Å². The fourth-order valence-electron chi connectivity index (χ4n) is 3.34. The molecule has 0 spiro atoms. The Kier molecular flexibility index (Phi) is 4.51. The van der Waals surface area contributed by atoms with Gasteiger partial charge in [0, 0.05) is 5.92 Å². The molecule has 0 bridgehead atoms. The monoisotopic (exact) mass is 319 g/mol. The molecule has 0 aromatic heterocycles. The predicted molar refractivity (Wildman–Crippen MR) is 92.3 cm³/mol. The first-order valence-electron chi connectivity index (χ1n) is 8.27. The normalized spacial score (nSPS) is 22.3. The van der Waals surface area contributed by atoms with Gasteiger partial charge in [0.05, 0.1) is 0 Å². The molecule has 3 N–H and O–H groups in total. The SMILES string of the molecule is CC(C)(C)c1cc(C2CCN[C@@H]2C(=O)O)cc(C(C)(C)C)c1O. The van der Waals surface area contributed by atoms with E-state index in [1.54, 1.807) is 0 Å². The van der Waals surface area contributed by atoms with Crippen LogP contribution < -0.4 is 5.32 Å². The Bertz CT molecular complexity index is 573. The van der Waals surface area contributed by atoms with E-state index in [2.05, 4.69) is 46.9 Å². The maximum atomic E-state index is 11.5. The zero-order chi connectivity index (χ0) is 17.6. The Labute approximate surface area is 138 Å². The van der Waals surface area contributed by atoms with Crippen LogP contribution >= 0.6 is 0 Å². The molecular formula is C19H29NO3. The van der Waals surface area contributed by atoms with Crippen LogP contribution in [-0.4, -0.2) is 28.8 Å². The molecule has 1 aliphatic heterocycles. The highest BCUT2D eigenvalue weighted by Gasteiger charge is 2.36. The fraction of sp³-hybridized carbons (Fsp3) is 0.632. The summed E-state index contributed by atoms with van der Waals surface area (Å²) in [5.74, 6) is -0.530. The van der Waals surface area contributed by atoms with Crippen LogP contribution in [-0.2, 0) is 15.6 Å². The van der Waals surface area contributed by atoms with E-state index in [-0.39, 0.29) is 16.7 Å². The standard InChI is InChI=1S/C19H29NO3/c1-18(2,3)13-9-11(10-14(16(13)21)19(4,5)6)12-7-8-20-15(12)17(22)23/h9-10,12,15,20-21H,7-8H2,1-6H3,(H,22,23)/t12?,15-/m0/s1. The summed E-state index contributed by atoms with van der Waals surface area (Å²) in [5, 5.41) is 23.3. The summed E-state index contributed by atoms with van der Waals surface area (Å²) >= 11 is 0. The zero-order valence-corrected chi connectivity index (χ0v) is 15.0. The van der Waals surface area contributed by atoms with E-state index in [0.717, 1.165) is 23.1 Å². The minimum atomic E-state index is -0.810. The zero-order valence-electron chi connectivity index (χ0n) is 15.0.